The highest BCUT2D eigenvalue weighted by Crippen LogP contribution is 2.28. The zero-order chi connectivity index (χ0) is 15.3. The molecule has 0 aliphatic rings. The Labute approximate surface area is 120 Å². The van der Waals surface area contributed by atoms with Crippen LogP contribution in [0.4, 0.5) is 0 Å². The lowest BCUT2D eigenvalue weighted by Gasteiger charge is -2.22. The number of nitrogens with zero attached hydrogens (tertiary/aromatic N) is 1. The Morgan fingerprint density at radius 1 is 1.35 bits per heavy atom. The molecule has 5 nitrogen and oxygen atoms in total. The number of benzene rings is 1. The van der Waals surface area contributed by atoms with Gasteiger partial charge in [0.15, 0.2) is 6.61 Å². The fourth-order valence-corrected chi connectivity index (χ4v) is 1.67. The van der Waals surface area contributed by atoms with Crippen molar-refractivity contribution in [3.8, 4) is 11.5 Å². The smallest absolute Gasteiger partial charge is 0.260 e. The Hall–Kier alpha value is -1.75. The van der Waals surface area contributed by atoms with Crippen LogP contribution in [-0.4, -0.2) is 37.6 Å². The third kappa shape index (κ3) is 4.13. The van der Waals surface area contributed by atoms with Crippen molar-refractivity contribution in [1.82, 2.24) is 4.90 Å². The largest absolute Gasteiger partial charge is 0.497 e. The Bertz CT molecular complexity index is 458. The number of hydrogen-bond donors (Lipinski definition) is 1. The molecule has 2 N–H and O–H groups in total. The van der Waals surface area contributed by atoms with E-state index in [0.29, 0.717) is 11.5 Å². The maximum absolute atomic E-state index is 11.9. The highest BCUT2D eigenvalue weighted by molar-refractivity contribution is 5.77. The highest BCUT2D eigenvalue weighted by atomic mass is 16.5. The van der Waals surface area contributed by atoms with Crippen molar-refractivity contribution in [1.29, 1.82) is 0 Å². The third-order valence-electron chi connectivity index (χ3n) is 3.23. The number of nitrogens with two attached hydrogens (primary N) is 1. The van der Waals surface area contributed by atoms with E-state index in [1.807, 2.05) is 32.9 Å². The maximum Gasteiger partial charge on any atom is 0.260 e. The SMILES string of the molecule is COc1ccc([C@H](C)N)c(OCC(=O)N(C)C(C)C)c1. The van der Waals surface area contributed by atoms with Gasteiger partial charge >= 0.3 is 0 Å². The summed E-state index contributed by atoms with van der Waals surface area (Å²) in [5.74, 6) is 1.19. The van der Waals surface area contributed by atoms with E-state index < -0.39 is 0 Å². The molecule has 0 aromatic heterocycles. The van der Waals surface area contributed by atoms with Crippen molar-refractivity contribution in [2.75, 3.05) is 20.8 Å². The molecular weight excluding hydrogens is 256 g/mol. The second-order valence-corrected chi connectivity index (χ2v) is 5.08. The summed E-state index contributed by atoms with van der Waals surface area (Å²) >= 11 is 0. The van der Waals surface area contributed by atoms with Crippen LogP contribution < -0.4 is 15.2 Å². The van der Waals surface area contributed by atoms with Gasteiger partial charge in [0.05, 0.1) is 7.11 Å². The van der Waals surface area contributed by atoms with Gasteiger partial charge in [0, 0.05) is 30.8 Å². The number of carbonyl (C=O) groups is 1. The summed E-state index contributed by atoms with van der Waals surface area (Å²) in [6.45, 7) is 5.77. The van der Waals surface area contributed by atoms with Crippen LogP contribution in [0.25, 0.3) is 0 Å². The predicted octanol–water partition coefficient (Wildman–Crippen LogP) is 1.96. The minimum atomic E-state index is -0.172. The van der Waals surface area contributed by atoms with E-state index in [4.69, 9.17) is 15.2 Å². The van der Waals surface area contributed by atoms with Crippen LogP contribution in [0.5, 0.6) is 11.5 Å². The van der Waals surface area contributed by atoms with Crippen molar-refractivity contribution in [2.24, 2.45) is 5.73 Å². The molecule has 0 bridgehead atoms. The molecule has 0 unspecified atom stereocenters. The first-order chi connectivity index (χ1) is 9.36. The first-order valence-electron chi connectivity index (χ1n) is 6.68. The number of rotatable bonds is 6. The van der Waals surface area contributed by atoms with Crippen molar-refractivity contribution in [2.45, 2.75) is 32.9 Å². The van der Waals surface area contributed by atoms with Gasteiger partial charge in [-0.2, -0.15) is 0 Å². The van der Waals surface area contributed by atoms with E-state index >= 15 is 0 Å². The molecule has 1 aromatic carbocycles. The Kier molecular flexibility index (Phi) is 5.82. The fraction of sp³-hybridized carbons (Fsp3) is 0.533. The summed E-state index contributed by atoms with van der Waals surface area (Å²) < 4.78 is 10.8. The normalized spacial score (nSPS) is 12.2. The average molecular weight is 280 g/mol. The van der Waals surface area contributed by atoms with E-state index in [0.717, 1.165) is 5.56 Å². The molecular formula is C15H24N2O3. The first kappa shape index (κ1) is 16.3. The Balaban J connectivity index is 2.83. The average Bonchev–Trinajstić information content (AvgIpc) is 2.42. The topological polar surface area (TPSA) is 64.8 Å². The van der Waals surface area contributed by atoms with E-state index in [1.54, 1.807) is 25.1 Å². The predicted molar refractivity (Wildman–Crippen MR) is 79.0 cm³/mol. The van der Waals surface area contributed by atoms with Crippen LogP contribution in [0, 0.1) is 0 Å². The monoisotopic (exact) mass is 280 g/mol. The van der Waals surface area contributed by atoms with Crippen LogP contribution in [0.2, 0.25) is 0 Å². The molecule has 1 atom stereocenters. The van der Waals surface area contributed by atoms with E-state index in [1.165, 1.54) is 0 Å². The standard InChI is InChI=1S/C15H24N2O3/c1-10(2)17(4)15(18)9-20-14-8-12(19-5)6-7-13(14)11(3)16/h6-8,10-11H,9,16H2,1-5H3/t11-/m0/s1. The molecule has 112 valence electrons. The summed E-state index contributed by atoms with van der Waals surface area (Å²) in [4.78, 5) is 13.6. The van der Waals surface area contributed by atoms with E-state index in [2.05, 4.69) is 0 Å². The van der Waals surface area contributed by atoms with Crippen molar-refractivity contribution in [3.63, 3.8) is 0 Å². The lowest BCUT2D eigenvalue weighted by molar-refractivity contribution is -0.133. The zero-order valence-electron chi connectivity index (χ0n) is 12.8. The van der Waals surface area contributed by atoms with Crippen molar-refractivity contribution in [3.05, 3.63) is 23.8 Å². The number of ether oxygens (including phenoxy) is 2. The van der Waals surface area contributed by atoms with Gasteiger partial charge in [-0.3, -0.25) is 4.79 Å². The maximum atomic E-state index is 11.9. The molecule has 0 saturated carbocycles. The van der Waals surface area contributed by atoms with Crippen molar-refractivity contribution < 1.29 is 14.3 Å². The minimum absolute atomic E-state index is 0.0123. The minimum Gasteiger partial charge on any atom is -0.497 e. The highest BCUT2D eigenvalue weighted by Gasteiger charge is 2.15. The molecule has 0 heterocycles. The van der Waals surface area contributed by atoms with Crippen LogP contribution >= 0.6 is 0 Å². The van der Waals surface area contributed by atoms with Gasteiger partial charge in [-0.05, 0) is 26.8 Å². The fourth-order valence-electron chi connectivity index (χ4n) is 1.67. The number of carbonyl (C=O) groups excluding carboxylic acids is 1. The molecule has 1 rings (SSSR count). The molecule has 1 aromatic rings. The molecule has 0 radical (unpaired) electrons. The number of likely N-dealkylation sites (N-methyl/N-ethyl adjacent to an activating group) is 1. The Morgan fingerprint density at radius 2 is 2.00 bits per heavy atom. The van der Waals surface area contributed by atoms with E-state index in [9.17, 15) is 4.79 Å². The van der Waals surface area contributed by atoms with Crippen LogP contribution in [0.1, 0.15) is 32.4 Å². The molecule has 5 heteroatoms. The summed E-state index contributed by atoms with van der Waals surface area (Å²) in [5.41, 5.74) is 6.76. The van der Waals surface area contributed by atoms with Gasteiger partial charge in [0.2, 0.25) is 0 Å². The summed E-state index contributed by atoms with van der Waals surface area (Å²) in [6, 6.07) is 5.41. The molecule has 0 fully saturated rings. The van der Waals surface area contributed by atoms with Crippen LogP contribution in [-0.2, 0) is 4.79 Å². The van der Waals surface area contributed by atoms with Gasteiger partial charge in [0.1, 0.15) is 11.5 Å². The number of hydrogen-bond acceptors (Lipinski definition) is 4. The molecule has 1 amide bonds. The lowest BCUT2D eigenvalue weighted by atomic mass is 10.1. The van der Waals surface area contributed by atoms with E-state index in [-0.39, 0.29) is 24.6 Å². The number of amides is 1. The summed E-state index contributed by atoms with van der Waals surface area (Å²) in [5, 5.41) is 0. The van der Waals surface area contributed by atoms with Gasteiger partial charge < -0.3 is 20.1 Å². The second-order valence-electron chi connectivity index (χ2n) is 5.08. The van der Waals surface area contributed by atoms with Crippen molar-refractivity contribution >= 4 is 5.91 Å². The number of methoxy groups -OCH3 is 1. The quantitative estimate of drug-likeness (QED) is 0.865. The van der Waals surface area contributed by atoms with Gasteiger partial charge in [-0.25, -0.2) is 0 Å². The molecule has 0 saturated heterocycles. The Morgan fingerprint density at radius 3 is 2.50 bits per heavy atom. The van der Waals surface area contributed by atoms with Crippen LogP contribution in [0.15, 0.2) is 18.2 Å². The molecule has 0 spiro atoms. The van der Waals surface area contributed by atoms with Gasteiger partial charge in [-0.15, -0.1) is 0 Å². The first-order valence-corrected chi connectivity index (χ1v) is 6.68. The van der Waals surface area contributed by atoms with Gasteiger partial charge in [0.25, 0.3) is 5.91 Å². The molecule has 0 aliphatic heterocycles. The third-order valence-corrected chi connectivity index (χ3v) is 3.23. The molecule has 20 heavy (non-hydrogen) atoms. The zero-order valence-corrected chi connectivity index (χ0v) is 12.8. The summed E-state index contributed by atoms with van der Waals surface area (Å²) in [6.07, 6.45) is 0. The summed E-state index contributed by atoms with van der Waals surface area (Å²) in [7, 11) is 3.34. The molecule has 0 aliphatic carbocycles. The lowest BCUT2D eigenvalue weighted by Crippen LogP contribution is -2.36. The second kappa shape index (κ2) is 7.14. The van der Waals surface area contributed by atoms with Gasteiger partial charge in [-0.1, -0.05) is 6.07 Å². The van der Waals surface area contributed by atoms with Crippen LogP contribution in [0.3, 0.4) is 0 Å².